The van der Waals surface area contributed by atoms with Gasteiger partial charge < -0.3 is 5.11 Å². The molecule has 0 unspecified atom stereocenters. The van der Waals surface area contributed by atoms with Crippen LogP contribution in [-0.4, -0.2) is 29.3 Å². The maximum Gasteiger partial charge on any atom is 0.335 e. The van der Waals surface area contributed by atoms with E-state index >= 15 is 0 Å². The first-order chi connectivity index (χ1) is 9.72. The Kier molecular flexibility index (Phi) is 4.06. The lowest BCUT2D eigenvalue weighted by Crippen LogP contribution is -2.17. The molecule has 0 aliphatic carbocycles. The summed E-state index contributed by atoms with van der Waals surface area (Å²) in [5, 5.41) is 12.9. The zero-order valence-corrected chi connectivity index (χ0v) is 13.6. The number of aromatic nitrogens is 2. The Hall–Kier alpha value is -1.87. The number of carbonyl (C=O) groups is 1. The molecule has 1 aromatic carbocycles. The van der Waals surface area contributed by atoms with Crippen molar-refractivity contribution in [2.24, 2.45) is 7.05 Å². The van der Waals surface area contributed by atoms with Crippen molar-refractivity contribution >= 4 is 37.7 Å². The van der Waals surface area contributed by atoms with E-state index in [1.165, 1.54) is 23.0 Å². The quantitative estimate of drug-likeness (QED) is 0.852. The highest BCUT2D eigenvalue weighted by atomic mass is 79.9. The zero-order chi connectivity index (χ0) is 15.8. The highest BCUT2D eigenvalue weighted by Gasteiger charge is 2.22. The molecule has 0 radical (unpaired) electrons. The van der Waals surface area contributed by atoms with E-state index in [1.54, 1.807) is 14.0 Å². The summed E-state index contributed by atoms with van der Waals surface area (Å²) in [6.45, 7) is 1.62. The van der Waals surface area contributed by atoms with Crippen molar-refractivity contribution in [3.63, 3.8) is 0 Å². The molecular formula is C12H12BrN3O4S. The van der Waals surface area contributed by atoms with Crippen molar-refractivity contribution in [2.45, 2.75) is 11.8 Å². The minimum Gasteiger partial charge on any atom is -0.478 e. The Labute approximate surface area is 129 Å². The molecule has 2 aromatic rings. The largest absolute Gasteiger partial charge is 0.478 e. The number of halogens is 1. The smallest absolute Gasteiger partial charge is 0.335 e. The van der Waals surface area contributed by atoms with Crippen LogP contribution in [0.15, 0.2) is 33.8 Å². The number of benzene rings is 1. The lowest BCUT2D eigenvalue weighted by atomic mass is 10.1. The minimum atomic E-state index is -3.94. The van der Waals surface area contributed by atoms with Crippen molar-refractivity contribution in [1.82, 2.24) is 9.78 Å². The molecule has 9 heteroatoms. The molecule has 112 valence electrons. The van der Waals surface area contributed by atoms with Gasteiger partial charge >= 0.3 is 5.97 Å². The number of nitrogens with one attached hydrogen (secondary N) is 1. The predicted molar refractivity (Wildman–Crippen MR) is 79.9 cm³/mol. The number of carboxylic acids is 1. The summed E-state index contributed by atoms with van der Waals surface area (Å²) in [4.78, 5) is 10.9. The Morgan fingerprint density at radius 2 is 2.10 bits per heavy atom. The summed E-state index contributed by atoms with van der Waals surface area (Å²) < 4.78 is 28.9. The number of nitrogens with zero attached hydrogens (tertiary/aromatic N) is 2. The Morgan fingerprint density at radius 1 is 1.43 bits per heavy atom. The van der Waals surface area contributed by atoms with Gasteiger partial charge in [-0.1, -0.05) is 0 Å². The van der Waals surface area contributed by atoms with Gasteiger partial charge in [-0.05, 0) is 40.5 Å². The molecule has 1 heterocycles. The number of rotatable bonds is 4. The van der Waals surface area contributed by atoms with E-state index in [0.717, 1.165) is 6.07 Å². The second kappa shape index (κ2) is 5.49. The molecule has 0 saturated carbocycles. The van der Waals surface area contributed by atoms with Gasteiger partial charge in [0.2, 0.25) is 0 Å². The van der Waals surface area contributed by atoms with Gasteiger partial charge in [0.1, 0.15) is 10.7 Å². The maximum atomic E-state index is 12.4. The van der Waals surface area contributed by atoms with Crippen LogP contribution < -0.4 is 4.72 Å². The highest BCUT2D eigenvalue weighted by Crippen LogP contribution is 2.28. The molecule has 0 saturated heterocycles. The molecule has 0 aliphatic heterocycles. The molecule has 0 bridgehead atoms. The number of sulfonamides is 1. The average molecular weight is 374 g/mol. The van der Waals surface area contributed by atoms with E-state index < -0.39 is 16.0 Å². The molecule has 0 aliphatic rings. The van der Waals surface area contributed by atoms with Crippen molar-refractivity contribution in [3.8, 4) is 0 Å². The van der Waals surface area contributed by atoms with Crippen LogP contribution in [0.4, 0.5) is 5.82 Å². The monoisotopic (exact) mass is 373 g/mol. The van der Waals surface area contributed by atoms with E-state index in [0.29, 0.717) is 10.0 Å². The van der Waals surface area contributed by atoms with Gasteiger partial charge in [-0.3, -0.25) is 9.40 Å². The standard InChI is InChI=1S/C12H12BrN3O4S/c1-7-5-8(12(17)18)6-9(11(7)13)21(19,20)15-10-3-4-14-16(10)2/h3-6,15H,1-2H3,(H,17,18). The van der Waals surface area contributed by atoms with Gasteiger partial charge in [0.05, 0.1) is 11.8 Å². The SMILES string of the molecule is Cc1cc(C(=O)O)cc(S(=O)(=O)Nc2ccnn2C)c1Br. The van der Waals surface area contributed by atoms with Crippen molar-refractivity contribution in [1.29, 1.82) is 0 Å². The molecule has 2 rings (SSSR count). The summed E-state index contributed by atoms with van der Waals surface area (Å²) >= 11 is 3.19. The fourth-order valence-corrected chi connectivity index (χ4v) is 3.86. The van der Waals surface area contributed by atoms with Gasteiger partial charge in [0.15, 0.2) is 0 Å². The van der Waals surface area contributed by atoms with Crippen LogP contribution >= 0.6 is 15.9 Å². The Bertz CT molecular complexity index is 814. The molecule has 0 fully saturated rings. The van der Waals surface area contributed by atoms with Gasteiger partial charge in [0.25, 0.3) is 10.0 Å². The number of hydrogen-bond donors (Lipinski definition) is 2. The number of hydrogen-bond acceptors (Lipinski definition) is 4. The first kappa shape index (κ1) is 15.5. The maximum absolute atomic E-state index is 12.4. The average Bonchev–Trinajstić information content (AvgIpc) is 2.77. The minimum absolute atomic E-state index is 0.0962. The van der Waals surface area contributed by atoms with Gasteiger partial charge in [-0.25, -0.2) is 13.2 Å². The molecular weight excluding hydrogens is 362 g/mol. The van der Waals surface area contributed by atoms with Gasteiger partial charge in [0, 0.05) is 17.6 Å². The van der Waals surface area contributed by atoms with Gasteiger partial charge in [-0.2, -0.15) is 5.10 Å². The highest BCUT2D eigenvalue weighted by molar-refractivity contribution is 9.10. The zero-order valence-electron chi connectivity index (χ0n) is 11.2. The van der Waals surface area contributed by atoms with Crippen molar-refractivity contribution in [2.75, 3.05) is 4.72 Å². The molecule has 0 amide bonds. The van der Waals surface area contributed by atoms with Crippen LogP contribution in [0.5, 0.6) is 0 Å². The lowest BCUT2D eigenvalue weighted by molar-refractivity contribution is 0.0696. The van der Waals surface area contributed by atoms with E-state index in [2.05, 4.69) is 25.8 Å². The van der Waals surface area contributed by atoms with E-state index in [-0.39, 0.29) is 16.3 Å². The molecule has 2 N–H and O–H groups in total. The summed E-state index contributed by atoms with van der Waals surface area (Å²) in [7, 11) is -2.35. The predicted octanol–water partition coefficient (Wildman–Crippen LogP) is 1.99. The normalized spacial score (nSPS) is 11.4. The molecule has 0 spiro atoms. The summed E-state index contributed by atoms with van der Waals surface area (Å²) in [6, 6.07) is 4.01. The third kappa shape index (κ3) is 3.08. The third-order valence-electron chi connectivity index (χ3n) is 2.82. The lowest BCUT2D eigenvalue weighted by Gasteiger charge is -2.12. The fraction of sp³-hybridized carbons (Fsp3) is 0.167. The van der Waals surface area contributed by atoms with Crippen LogP contribution in [-0.2, 0) is 17.1 Å². The molecule has 21 heavy (non-hydrogen) atoms. The summed E-state index contributed by atoms with van der Waals surface area (Å²) in [5.41, 5.74) is 0.418. The fourth-order valence-electron chi connectivity index (χ4n) is 1.72. The van der Waals surface area contributed by atoms with Crippen LogP contribution in [0.3, 0.4) is 0 Å². The van der Waals surface area contributed by atoms with Crippen LogP contribution in [0.2, 0.25) is 0 Å². The Morgan fingerprint density at radius 3 is 2.62 bits per heavy atom. The van der Waals surface area contributed by atoms with Crippen LogP contribution in [0, 0.1) is 6.92 Å². The number of carboxylic acid groups (broad SMARTS) is 1. The first-order valence-corrected chi connectivity index (χ1v) is 8.04. The third-order valence-corrected chi connectivity index (χ3v) is 5.51. The van der Waals surface area contributed by atoms with Crippen molar-refractivity contribution in [3.05, 3.63) is 40.0 Å². The Balaban J connectivity index is 2.54. The topological polar surface area (TPSA) is 101 Å². The summed E-state index contributed by atoms with van der Waals surface area (Å²) in [6.07, 6.45) is 1.45. The van der Waals surface area contributed by atoms with E-state index in [1.807, 2.05) is 0 Å². The number of aromatic carboxylic acids is 1. The van der Waals surface area contributed by atoms with E-state index in [4.69, 9.17) is 5.11 Å². The van der Waals surface area contributed by atoms with Crippen molar-refractivity contribution < 1.29 is 18.3 Å². The first-order valence-electron chi connectivity index (χ1n) is 5.76. The van der Waals surface area contributed by atoms with E-state index in [9.17, 15) is 13.2 Å². The molecule has 7 nitrogen and oxygen atoms in total. The second-order valence-corrected chi connectivity index (χ2v) is 6.80. The molecule has 1 aromatic heterocycles. The van der Waals surface area contributed by atoms with Crippen LogP contribution in [0.1, 0.15) is 15.9 Å². The number of anilines is 1. The molecule has 0 atom stereocenters. The second-order valence-electron chi connectivity index (χ2n) is 4.36. The van der Waals surface area contributed by atoms with Crippen LogP contribution in [0.25, 0.3) is 0 Å². The summed E-state index contributed by atoms with van der Waals surface area (Å²) in [5.74, 6) is -0.914. The van der Waals surface area contributed by atoms with Gasteiger partial charge in [-0.15, -0.1) is 0 Å². The number of aryl methyl sites for hydroxylation is 2.